The highest BCUT2D eigenvalue weighted by molar-refractivity contribution is 6.99. The summed E-state index contributed by atoms with van der Waals surface area (Å²) in [4.78, 5) is 54.4. The summed E-state index contributed by atoms with van der Waals surface area (Å²) in [6, 6.07) is 54.0. The van der Waals surface area contributed by atoms with Crippen LogP contribution >= 0.6 is 0 Å². The Morgan fingerprint density at radius 1 is 0.699 bits per heavy atom. The molecule has 0 radical (unpaired) electrons. The number of anilines is 1. The van der Waals surface area contributed by atoms with Gasteiger partial charge in [0.25, 0.3) is 14.2 Å². The average Bonchev–Trinajstić information content (AvgIpc) is 2.23. The number of esters is 1. The first-order chi connectivity index (χ1) is 40.2. The molecule has 6 atom stereocenters. The lowest BCUT2D eigenvalue weighted by Gasteiger charge is -2.46. The van der Waals surface area contributed by atoms with E-state index in [4.69, 9.17) is 48.5 Å². The number of ether oxygens (including phenoxy) is 6. The van der Waals surface area contributed by atoms with E-state index in [0.29, 0.717) is 35.6 Å². The van der Waals surface area contributed by atoms with Crippen molar-refractivity contribution in [3.8, 4) is 11.5 Å². The fraction of sp³-hybridized carbons (Fsp3) is 0.323. The molecular formula is C65H73N7O10Si. The normalized spacial score (nSPS) is 17.1. The second kappa shape index (κ2) is 26.9. The van der Waals surface area contributed by atoms with Gasteiger partial charge in [-0.25, -0.2) is 15.0 Å². The van der Waals surface area contributed by atoms with Crippen LogP contribution in [-0.4, -0.2) is 104 Å². The van der Waals surface area contributed by atoms with E-state index in [1.807, 2.05) is 121 Å². The van der Waals surface area contributed by atoms with Gasteiger partial charge in [-0.1, -0.05) is 168 Å². The Balaban J connectivity index is 1.26. The van der Waals surface area contributed by atoms with E-state index < -0.39 is 67.6 Å². The van der Waals surface area contributed by atoms with Crippen LogP contribution in [0.5, 0.6) is 11.5 Å². The van der Waals surface area contributed by atoms with Gasteiger partial charge in [-0.15, -0.1) is 0 Å². The number of amides is 2. The number of nitrogens with one attached hydrogen (secondary N) is 2. The summed E-state index contributed by atoms with van der Waals surface area (Å²) in [5, 5.41) is 7.51. The maximum absolute atomic E-state index is 14.3. The van der Waals surface area contributed by atoms with Gasteiger partial charge >= 0.3 is 5.97 Å². The van der Waals surface area contributed by atoms with Crippen LogP contribution in [0.4, 0.5) is 5.82 Å². The minimum atomic E-state index is -3.56. The highest BCUT2D eigenvalue weighted by atomic mass is 28.4. The number of hydrogen-bond acceptors (Lipinski definition) is 14. The highest BCUT2D eigenvalue weighted by Gasteiger charge is 2.58. The third kappa shape index (κ3) is 12.9. The fourth-order valence-electron chi connectivity index (χ4n) is 11.0. The molecule has 1 unspecified atom stereocenters. The molecule has 1 aliphatic rings. The molecule has 1 fully saturated rings. The Morgan fingerprint density at radius 3 is 1.80 bits per heavy atom. The second-order valence-corrected chi connectivity index (χ2v) is 25.7. The minimum Gasteiger partial charge on any atom is -0.497 e. The Kier molecular flexibility index (Phi) is 19.3. The van der Waals surface area contributed by atoms with Gasteiger partial charge < -0.3 is 49.2 Å². The number of nitrogens with zero attached hydrogens (tertiary/aromatic N) is 4. The van der Waals surface area contributed by atoms with Crippen LogP contribution in [0, 0.1) is 0 Å². The molecule has 0 spiro atoms. The average molecular weight is 1140 g/mol. The highest BCUT2D eigenvalue weighted by Crippen LogP contribution is 2.46. The molecule has 4 N–H and O–H groups in total. The molecule has 83 heavy (non-hydrogen) atoms. The molecule has 3 heterocycles. The summed E-state index contributed by atoms with van der Waals surface area (Å²) in [6.07, 6.45) is -0.319. The number of imidazole rings is 1. The largest absolute Gasteiger partial charge is 0.497 e. The monoisotopic (exact) mass is 1140 g/mol. The van der Waals surface area contributed by atoms with Gasteiger partial charge in [-0.05, 0) is 87.8 Å². The Labute approximate surface area is 486 Å². The quantitative estimate of drug-likeness (QED) is 0.0211. The van der Waals surface area contributed by atoms with Crippen molar-refractivity contribution in [3.05, 3.63) is 205 Å². The number of unbranched alkanes of at least 4 members (excludes halogenated alkanes) is 1. The third-order valence-electron chi connectivity index (χ3n) is 15.2. The molecule has 6 aromatic carbocycles. The molecule has 0 bridgehead atoms. The SMILES string of the molecule is CCCCC(NC(=O)[C@@H](N)CCC(=O)OC)O[C@@H]1[C@H](O[Si](c2ccccc2)(c2ccccc2)C(C)(C)C)[C@@H](COC(c2ccccc2)(c2ccc(OC)cc2)c2ccc(OC)cc2)O[C@H]1n1cnc2c(NC(=O)c3ccccc3)ncnc21. The summed E-state index contributed by atoms with van der Waals surface area (Å²) in [5.74, 6) is 0.132. The predicted octanol–water partition coefficient (Wildman–Crippen LogP) is 9.25. The number of benzene rings is 6. The van der Waals surface area contributed by atoms with E-state index in [1.54, 1.807) is 49.4 Å². The van der Waals surface area contributed by atoms with Gasteiger partial charge in [0.2, 0.25) is 5.91 Å². The van der Waals surface area contributed by atoms with E-state index in [1.165, 1.54) is 13.4 Å². The van der Waals surface area contributed by atoms with Crippen molar-refractivity contribution in [1.29, 1.82) is 0 Å². The Hall–Kier alpha value is -8.10. The van der Waals surface area contributed by atoms with Crippen LogP contribution in [0.15, 0.2) is 183 Å². The first kappa shape index (κ1) is 59.5. The molecule has 8 aromatic rings. The zero-order valence-electron chi connectivity index (χ0n) is 48.0. The standard InChI is InChI=1S/C65H73N7O10Si/c1-8-9-30-54(70-62(75)52(66)39-40-55(73)78-7)81-58-57(82-83(64(2,3)4,50-26-18-12-19-27-50)51-28-20-13-21-29-51)53(80-63(58)72-43-69-56-59(67-42-68-60(56)72)71-61(74)44-22-14-10-15-23-44)41-79-65(45-24-16-11-17-25-45,46-31-35-48(76-5)36-32-46)47-33-37-49(77-6)38-34-47/h10-29,31-38,42-43,52-54,57-58,63H,8-9,30,39-41,66H2,1-7H3,(H,70,75)(H,67,68,71,74)/t52-,53+,54?,57+,58+,63+/m0/s1. The Bertz CT molecular complexity index is 3300. The first-order valence-electron chi connectivity index (χ1n) is 28.0. The number of aromatic nitrogens is 4. The molecule has 9 rings (SSSR count). The Morgan fingerprint density at radius 2 is 1.25 bits per heavy atom. The minimum absolute atomic E-state index is 0.0442. The van der Waals surface area contributed by atoms with Gasteiger partial charge in [0, 0.05) is 12.0 Å². The van der Waals surface area contributed by atoms with Crippen LogP contribution in [-0.2, 0) is 38.6 Å². The maximum Gasteiger partial charge on any atom is 0.305 e. The van der Waals surface area contributed by atoms with Crippen molar-refractivity contribution in [3.63, 3.8) is 0 Å². The topological polar surface area (TPSA) is 210 Å². The summed E-state index contributed by atoms with van der Waals surface area (Å²) in [6.45, 7) is 8.56. The summed E-state index contributed by atoms with van der Waals surface area (Å²) in [5.41, 5.74) is 8.69. The van der Waals surface area contributed by atoms with Crippen molar-refractivity contribution < 1.29 is 47.2 Å². The van der Waals surface area contributed by atoms with Crippen LogP contribution in [0.25, 0.3) is 11.2 Å². The molecular weight excluding hydrogens is 1070 g/mol. The zero-order valence-corrected chi connectivity index (χ0v) is 49.0. The van der Waals surface area contributed by atoms with Crippen molar-refractivity contribution in [2.24, 2.45) is 5.73 Å². The number of fused-ring (bicyclic) bond motifs is 1. The van der Waals surface area contributed by atoms with Crippen molar-refractivity contribution in [1.82, 2.24) is 24.8 Å². The molecule has 0 aliphatic carbocycles. The molecule has 1 saturated heterocycles. The molecule has 432 valence electrons. The van der Waals surface area contributed by atoms with Crippen LogP contribution in [0.3, 0.4) is 0 Å². The first-order valence-corrected chi connectivity index (χ1v) is 29.9. The summed E-state index contributed by atoms with van der Waals surface area (Å²) in [7, 11) is 1.00. The lowest BCUT2D eigenvalue weighted by molar-refractivity contribution is -0.141. The molecule has 18 heteroatoms. The molecule has 0 saturated carbocycles. The number of rotatable bonds is 25. The van der Waals surface area contributed by atoms with Gasteiger partial charge in [0.1, 0.15) is 48.0 Å². The number of carbonyl (C=O) groups excluding carboxylic acids is 3. The number of methoxy groups -OCH3 is 3. The van der Waals surface area contributed by atoms with Crippen LogP contribution < -0.4 is 36.2 Å². The number of hydrogen-bond donors (Lipinski definition) is 3. The van der Waals surface area contributed by atoms with E-state index >= 15 is 0 Å². The van der Waals surface area contributed by atoms with E-state index in [-0.39, 0.29) is 36.7 Å². The van der Waals surface area contributed by atoms with Gasteiger partial charge in [0.15, 0.2) is 23.2 Å². The van der Waals surface area contributed by atoms with Crippen molar-refractivity contribution in [2.45, 2.75) is 107 Å². The molecule has 17 nitrogen and oxygen atoms in total. The van der Waals surface area contributed by atoms with Gasteiger partial charge in [0.05, 0.1) is 40.3 Å². The molecule has 1 aliphatic heterocycles. The second-order valence-electron chi connectivity index (χ2n) is 21.5. The number of carbonyl (C=O) groups is 3. The van der Waals surface area contributed by atoms with E-state index in [0.717, 1.165) is 33.5 Å². The van der Waals surface area contributed by atoms with E-state index in [9.17, 15) is 14.4 Å². The molecule has 2 aromatic heterocycles. The lowest BCUT2D eigenvalue weighted by Crippen LogP contribution is -2.69. The predicted molar refractivity (Wildman–Crippen MR) is 320 cm³/mol. The smallest absolute Gasteiger partial charge is 0.305 e. The van der Waals surface area contributed by atoms with Crippen LogP contribution in [0.1, 0.15) is 93.1 Å². The van der Waals surface area contributed by atoms with Gasteiger partial charge in [-0.2, -0.15) is 0 Å². The van der Waals surface area contributed by atoms with Crippen molar-refractivity contribution >= 4 is 53.5 Å². The summed E-state index contributed by atoms with van der Waals surface area (Å²) < 4.78 is 49.1. The summed E-state index contributed by atoms with van der Waals surface area (Å²) >= 11 is 0. The van der Waals surface area contributed by atoms with Crippen LogP contribution in [0.2, 0.25) is 5.04 Å². The maximum atomic E-state index is 14.3. The number of nitrogens with two attached hydrogens (primary N) is 1. The van der Waals surface area contributed by atoms with E-state index in [2.05, 4.69) is 67.6 Å². The molecule has 2 amide bonds. The third-order valence-corrected chi connectivity index (χ3v) is 20.3. The lowest BCUT2D eigenvalue weighted by atomic mass is 9.80. The zero-order chi connectivity index (χ0) is 58.6. The fourth-order valence-corrected chi connectivity index (χ4v) is 15.7. The van der Waals surface area contributed by atoms with Crippen molar-refractivity contribution in [2.75, 3.05) is 33.3 Å². The van der Waals surface area contributed by atoms with Gasteiger partial charge in [-0.3, -0.25) is 19.0 Å².